The number of nitrogens with one attached hydrogen (secondary N) is 1. The van der Waals surface area contributed by atoms with E-state index in [9.17, 15) is 10.1 Å². The summed E-state index contributed by atoms with van der Waals surface area (Å²) in [4.78, 5) is 11.3. The van der Waals surface area contributed by atoms with E-state index in [0.29, 0.717) is 11.3 Å². The fourth-order valence-electron chi connectivity index (χ4n) is 1.90. The SMILES string of the molecule is CCNC(C)CC(C)Sc1ccccc1[N+](=O)[O-]. The van der Waals surface area contributed by atoms with Crippen LogP contribution in [0.2, 0.25) is 0 Å². The Morgan fingerprint density at radius 1 is 1.39 bits per heavy atom. The Morgan fingerprint density at radius 3 is 2.67 bits per heavy atom. The molecular weight excluding hydrogens is 248 g/mol. The molecule has 0 heterocycles. The minimum absolute atomic E-state index is 0.199. The zero-order chi connectivity index (χ0) is 13.5. The average Bonchev–Trinajstić information content (AvgIpc) is 2.29. The standard InChI is InChI=1S/C13H20N2O2S/c1-4-14-10(2)9-11(3)18-13-8-6-5-7-12(13)15(16)17/h5-8,10-11,14H,4,9H2,1-3H3. The lowest BCUT2D eigenvalue weighted by Gasteiger charge is -2.17. The number of hydrogen-bond acceptors (Lipinski definition) is 4. The molecule has 100 valence electrons. The number of para-hydroxylation sites is 1. The van der Waals surface area contributed by atoms with Crippen LogP contribution in [0.25, 0.3) is 0 Å². The highest BCUT2D eigenvalue weighted by Gasteiger charge is 2.16. The summed E-state index contributed by atoms with van der Waals surface area (Å²) in [5, 5.41) is 14.6. The van der Waals surface area contributed by atoms with Crippen molar-refractivity contribution < 1.29 is 4.92 Å². The number of thioether (sulfide) groups is 1. The summed E-state index contributed by atoms with van der Waals surface area (Å²) in [6.07, 6.45) is 0.991. The van der Waals surface area contributed by atoms with Gasteiger partial charge in [0.15, 0.2) is 0 Å². The predicted octanol–water partition coefficient (Wildman–Crippen LogP) is 3.46. The molecule has 18 heavy (non-hydrogen) atoms. The van der Waals surface area contributed by atoms with Crippen molar-refractivity contribution in [1.29, 1.82) is 0 Å². The monoisotopic (exact) mass is 268 g/mol. The molecule has 0 saturated heterocycles. The molecule has 2 unspecified atom stereocenters. The molecular formula is C13H20N2O2S. The van der Waals surface area contributed by atoms with Gasteiger partial charge in [0.1, 0.15) is 0 Å². The molecule has 0 fully saturated rings. The molecule has 1 rings (SSSR count). The van der Waals surface area contributed by atoms with Gasteiger partial charge in [-0.1, -0.05) is 26.0 Å². The molecule has 0 aliphatic rings. The summed E-state index contributed by atoms with van der Waals surface area (Å²) in [5.74, 6) is 0. The minimum atomic E-state index is -0.317. The maximum atomic E-state index is 10.9. The van der Waals surface area contributed by atoms with Crippen LogP contribution in [0.4, 0.5) is 5.69 Å². The summed E-state index contributed by atoms with van der Waals surface area (Å²) < 4.78 is 0. The first kappa shape index (κ1) is 15.0. The molecule has 0 aliphatic heterocycles. The second-order valence-corrected chi connectivity index (χ2v) is 5.83. The highest BCUT2D eigenvalue weighted by molar-refractivity contribution is 8.00. The molecule has 0 bridgehead atoms. The van der Waals surface area contributed by atoms with Crippen molar-refractivity contribution in [2.75, 3.05) is 6.54 Å². The van der Waals surface area contributed by atoms with Crippen LogP contribution < -0.4 is 5.32 Å². The van der Waals surface area contributed by atoms with Gasteiger partial charge in [-0.2, -0.15) is 0 Å². The van der Waals surface area contributed by atoms with Gasteiger partial charge in [0.2, 0.25) is 0 Å². The van der Waals surface area contributed by atoms with Crippen LogP contribution in [0, 0.1) is 10.1 Å². The molecule has 0 radical (unpaired) electrons. The van der Waals surface area contributed by atoms with Crippen molar-refractivity contribution in [3.63, 3.8) is 0 Å². The van der Waals surface area contributed by atoms with E-state index in [-0.39, 0.29) is 10.6 Å². The van der Waals surface area contributed by atoms with E-state index >= 15 is 0 Å². The van der Waals surface area contributed by atoms with Crippen molar-refractivity contribution in [1.82, 2.24) is 5.32 Å². The third-order valence-electron chi connectivity index (χ3n) is 2.63. The fourth-order valence-corrected chi connectivity index (χ4v) is 3.14. The van der Waals surface area contributed by atoms with Crippen LogP contribution in [0.15, 0.2) is 29.2 Å². The van der Waals surface area contributed by atoms with Gasteiger partial charge in [-0.05, 0) is 26.0 Å². The molecule has 1 aromatic carbocycles. The van der Waals surface area contributed by atoms with E-state index in [1.54, 1.807) is 23.9 Å². The van der Waals surface area contributed by atoms with Gasteiger partial charge in [0, 0.05) is 17.4 Å². The van der Waals surface area contributed by atoms with Gasteiger partial charge in [-0.25, -0.2) is 0 Å². The summed E-state index contributed by atoms with van der Waals surface area (Å²) >= 11 is 1.57. The summed E-state index contributed by atoms with van der Waals surface area (Å²) in [7, 11) is 0. The minimum Gasteiger partial charge on any atom is -0.314 e. The van der Waals surface area contributed by atoms with Crippen LogP contribution >= 0.6 is 11.8 Å². The van der Waals surface area contributed by atoms with Gasteiger partial charge in [-0.15, -0.1) is 11.8 Å². The van der Waals surface area contributed by atoms with Crippen LogP contribution in [-0.4, -0.2) is 22.8 Å². The maximum absolute atomic E-state index is 10.9. The molecule has 1 N–H and O–H groups in total. The van der Waals surface area contributed by atoms with Gasteiger partial charge in [0.25, 0.3) is 5.69 Å². The molecule has 2 atom stereocenters. The maximum Gasteiger partial charge on any atom is 0.282 e. The topological polar surface area (TPSA) is 55.2 Å². The highest BCUT2D eigenvalue weighted by Crippen LogP contribution is 2.33. The van der Waals surface area contributed by atoms with Gasteiger partial charge >= 0.3 is 0 Å². The van der Waals surface area contributed by atoms with Crippen molar-refractivity contribution in [3.05, 3.63) is 34.4 Å². The summed E-state index contributed by atoms with van der Waals surface area (Å²) in [6.45, 7) is 7.27. The zero-order valence-corrected chi connectivity index (χ0v) is 11.9. The first-order chi connectivity index (χ1) is 8.54. The Labute approximate surface area is 112 Å². The van der Waals surface area contributed by atoms with Gasteiger partial charge < -0.3 is 5.32 Å². The van der Waals surface area contributed by atoms with Crippen molar-refractivity contribution in [2.45, 2.75) is 43.4 Å². The Bertz CT molecular complexity index is 398. The van der Waals surface area contributed by atoms with E-state index < -0.39 is 0 Å². The summed E-state index contributed by atoms with van der Waals surface area (Å²) in [6, 6.07) is 7.35. The third-order valence-corrected chi connectivity index (χ3v) is 3.82. The lowest BCUT2D eigenvalue weighted by atomic mass is 10.2. The predicted molar refractivity (Wildman–Crippen MR) is 76.2 cm³/mol. The van der Waals surface area contributed by atoms with Crippen LogP contribution in [-0.2, 0) is 0 Å². The molecule has 0 amide bonds. The van der Waals surface area contributed by atoms with Crippen LogP contribution in [0.1, 0.15) is 27.2 Å². The lowest BCUT2D eigenvalue weighted by molar-refractivity contribution is -0.387. The molecule has 4 nitrogen and oxygen atoms in total. The van der Waals surface area contributed by atoms with E-state index in [0.717, 1.165) is 17.9 Å². The second-order valence-electron chi connectivity index (χ2n) is 4.35. The Balaban J connectivity index is 2.64. The number of rotatable bonds is 7. The number of benzene rings is 1. The van der Waals surface area contributed by atoms with Gasteiger partial charge in [-0.3, -0.25) is 10.1 Å². The largest absolute Gasteiger partial charge is 0.314 e. The Hall–Kier alpha value is -1.07. The molecule has 0 aliphatic carbocycles. The first-order valence-electron chi connectivity index (χ1n) is 6.18. The molecule has 0 aromatic heterocycles. The zero-order valence-electron chi connectivity index (χ0n) is 11.1. The number of nitro groups is 1. The van der Waals surface area contributed by atoms with Gasteiger partial charge in [0.05, 0.1) is 9.82 Å². The summed E-state index contributed by atoms with van der Waals surface area (Å²) in [5.41, 5.74) is 0.199. The van der Waals surface area contributed by atoms with Crippen molar-refractivity contribution >= 4 is 17.4 Å². The molecule has 5 heteroatoms. The van der Waals surface area contributed by atoms with E-state index in [2.05, 4.69) is 26.1 Å². The Morgan fingerprint density at radius 2 is 2.06 bits per heavy atom. The fraction of sp³-hybridized carbons (Fsp3) is 0.538. The van der Waals surface area contributed by atoms with E-state index in [1.807, 2.05) is 12.1 Å². The quantitative estimate of drug-likeness (QED) is 0.467. The number of nitrogens with zero attached hydrogens (tertiary/aromatic N) is 1. The third kappa shape index (κ3) is 4.66. The first-order valence-corrected chi connectivity index (χ1v) is 7.06. The second kappa shape index (κ2) is 7.38. The lowest BCUT2D eigenvalue weighted by Crippen LogP contribution is -2.28. The van der Waals surface area contributed by atoms with Crippen molar-refractivity contribution in [3.8, 4) is 0 Å². The highest BCUT2D eigenvalue weighted by atomic mass is 32.2. The Kier molecular flexibility index (Phi) is 6.15. The average molecular weight is 268 g/mol. The molecule has 0 saturated carbocycles. The smallest absolute Gasteiger partial charge is 0.282 e. The van der Waals surface area contributed by atoms with E-state index in [4.69, 9.17) is 0 Å². The molecule has 0 spiro atoms. The number of nitro benzene ring substituents is 1. The van der Waals surface area contributed by atoms with Crippen molar-refractivity contribution in [2.24, 2.45) is 0 Å². The van der Waals surface area contributed by atoms with Crippen LogP contribution in [0.5, 0.6) is 0 Å². The van der Waals surface area contributed by atoms with Crippen LogP contribution in [0.3, 0.4) is 0 Å². The molecule has 1 aromatic rings. The van der Waals surface area contributed by atoms with E-state index in [1.165, 1.54) is 0 Å². The normalized spacial score (nSPS) is 14.2. The number of hydrogen-bond donors (Lipinski definition) is 1.